The van der Waals surface area contributed by atoms with Crippen molar-refractivity contribution in [2.45, 2.75) is 11.3 Å². The van der Waals surface area contributed by atoms with E-state index < -0.39 is 10.0 Å². The van der Waals surface area contributed by atoms with Gasteiger partial charge in [0.25, 0.3) is 5.91 Å². The van der Waals surface area contributed by atoms with Gasteiger partial charge in [-0.05, 0) is 58.2 Å². The predicted molar refractivity (Wildman–Crippen MR) is 94.5 cm³/mol. The second-order valence-electron chi connectivity index (χ2n) is 5.04. The highest BCUT2D eigenvalue weighted by atomic mass is 79.9. The summed E-state index contributed by atoms with van der Waals surface area (Å²) in [6, 6.07) is 11.6. The number of methoxy groups -OCH3 is 1. The number of hydrogen-bond acceptors (Lipinski definition) is 4. The first-order valence-corrected chi connectivity index (χ1v) is 9.38. The first kappa shape index (κ1) is 18.4. The second kappa shape index (κ2) is 7.78. The Morgan fingerprint density at radius 1 is 1.21 bits per heavy atom. The molecule has 3 N–H and O–H groups in total. The molecule has 0 spiro atoms. The first-order valence-electron chi connectivity index (χ1n) is 7.05. The van der Waals surface area contributed by atoms with Crippen molar-refractivity contribution in [1.82, 2.24) is 5.32 Å². The van der Waals surface area contributed by atoms with Crippen LogP contribution >= 0.6 is 15.9 Å². The number of benzene rings is 2. The van der Waals surface area contributed by atoms with Crippen molar-refractivity contribution in [2.24, 2.45) is 5.14 Å². The van der Waals surface area contributed by atoms with Crippen LogP contribution in [0.1, 0.15) is 15.9 Å². The molecule has 0 radical (unpaired) electrons. The quantitative estimate of drug-likeness (QED) is 0.758. The lowest BCUT2D eigenvalue weighted by Gasteiger charge is -2.09. The number of hydrogen-bond donors (Lipinski definition) is 2. The molecule has 0 unspecified atom stereocenters. The zero-order chi connectivity index (χ0) is 17.7. The standard InChI is InChI=1S/C16H17BrN2O4S/c1-23-12-4-2-11(3-5-12)8-9-19-16(20)14-10-13(24(18,21)22)6-7-15(14)17/h2-7,10H,8-9H2,1H3,(H,19,20)(H2,18,21,22). The van der Waals surface area contributed by atoms with Gasteiger partial charge in [0, 0.05) is 11.0 Å². The van der Waals surface area contributed by atoms with Crippen molar-refractivity contribution in [3.05, 3.63) is 58.1 Å². The maximum absolute atomic E-state index is 12.2. The zero-order valence-corrected chi connectivity index (χ0v) is 15.4. The average molecular weight is 413 g/mol. The molecular formula is C16H17BrN2O4S. The molecule has 0 atom stereocenters. The molecule has 128 valence electrons. The van der Waals surface area contributed by atoms with Gasteiger partial charge >= 0.3 is 0 Å². The number of nitrogens with one attached hydrogen (secondary N) is 1. The van der Waals surface area contributed by atoms with Crippen LogP contribution in [0.15, 0.2) is 51.8 Å². The molecule has 6 nitrogen and oxygen atoms in total. The normalized spacial score (nSPS) is 11.1. The largest absolute Gasteiger partial charge is 0.497 e. The van der Waals surface area contributed by atoms with E-state index in [2.05, 4.69) is 21.2 Å². The summed E-state index contributed by atoms with van der Waals surface area (Å²) in [5, 5.41) is 7.85. The molecule has 0 saturated carbocycles. The minimum absolute atomic E-state index is 0.106. The predicted octanol–water partition coefficient (Wildman–Crippen LogP) is 2.08. The number of carbonyl (C=O) groups is 1. The summed E-state index contributed by atoms with van der Waals surface area (Å²) in [6.45, 7) is 0.414. The van der Waals surface area contributed by atoms with Crippen LogP contribution in [0.3, 0.4) is 0 Å². The minimum atomic E-state index is -3.86. The zero-order valence-electron chi connectivity index (χ0n) is 13.0. The summed E-state index contributed by atoms with van der Waals surface area (Å²) < 4.78 is 28.4. The SMILES string of the molecule is COc1ccc(CCNC(=O)c2cc(S(N)(=O)=O)ccc2Br)cc1. The lowest BCUT2D eigenvalue weighted by Crippen LogP contribution is -2.26. The van der Waals surface area contributed by atoms with Crippen LogP contribution < -0.4 is 15.2 Å². The number of primary sulfonamides is 1. The van der Waals surface area contributed by atoms with Crippen molar-refractivity contribution in [3.8, 4) is 5.75 Å². The topological polar surface area (TPSA) is 98.5 Å². The fourth-order valence-electron chi connectivity index (χ4n) is 2.06. The summed E-state index contributed by atoms with van der Waals surface area (Å²) in [7, 11) is -2.26. The van der Waals surface area contributed by atoms with E-state index in [1.807, 2.05) is 24.3 Å². The third-order valence-corrected chi connectivity index (χ3v) is 4.97. The van der Waals surface area contributed by atoms with Gasteiger partial charge in [-0.15, -0.1) is 0 Å². The van der Waals surface area contributed by atoms with Crippen molar-refractivity contribution in [2.75, 3.05) is 13.7 Å². The third-order valence-electron chi connectivity index (χ3n) is 3.37. The lowest BCUT2D eigenvalue weighted by atomic mass is 10.1. The number of carbonyl (C=O) groups excluding carboxylic acids is 1. The fourth-order valence-corrected chi connectivity index (χ4v) is 3.03. The molecule has 1 amide bonds. The Labute approximate surface area is 149 Å². The molecule has 0 aliphatic rings. The van der Waals surface area contributed by atoms with Gasteiger partial charge in [-0.1, -0.05) is 12.1 Å². The van der Waals surface area contributed by atoms with Crippen LogP contribution in [0.5, 0.6) is 5.75 Å². The highest BCUT2D eigenvalue weighted by Gasteiger charge is 2.15. The van der Waals surface area contributed by atoms with Crippen molar-refractivity contribution in [1.29, 1.82) is 0 Å². The molecule has 0 aliphatic heterocycles. The lowest BCUT2D eigenvalue weighted by molar-refractivity contribution is 0.0953. The maximum atomic E-state index is 12.2. The van der Waals surface area contributed by atoms with Crippen LogP contribution in [0.25, 0.3) is 0 Å². The fraction of sp³-hybridized carbons (Fsp3) is 0.188. The summed E-state index contributed by atoms with van der Waals surface area (Å²) in [4.78, 5) is 12.1. The number of halogens is 1. The first-order chi connectivity index (χ1) is 11.3. The number of nitrogens with two attached hydrogens (primary N) is 1. The smallest absolute Gasteiger partial charge is 0.252 e. The molecule has 2 rings (SSSR count). The van der Waals surface area contributed by atoms with Gasteiger partial charge in [0.1, 0.15) is 5.75 Å². The van der Waals surface area contributed by atoms with Crippen LogP contribution in [-0.2, 0) is 16.4 Å². The van der Waals surface area contributed by atoms with E-state index in [1.165, 1.54) is 18.2 Å². The molecular weight excluding hydrogens is 396 g/mol. The summed E-state index contributed by atoms with van der Waals surface area (Å²) >= 11 is 3.24. The minimum Gasteiger partial charge on any atom is -0.497 e. The highest BCUT2D eigenvalue weighted by Crippen LogP contribution is 2.20. The van der Waals surface area contributed by atoms with E-state index in [0.717, 1.165) is 11.3 Å². The van der Waals surface area contributed by atoms with Gasteiger partial charge in [-0.25, -0.2) is 13.6 Å². The maximum Gasteiger partial charge on any atom is 0.252 e. The molecule has 2 aromatic carbocycles. The molecule has 0 heterocycles. The van der Waals surface area contributed by atoms with Crippen LogP contribution in [-0.4, -0.2) is 28.0 Å². The Kier molecular flexibility index (Phi) is 5.98. The monoisotopic (exact) mass is 412 g/mol. The van der Waals surface area contributed by atoms with Gasteiger partial charge in [-0.2, -0.15) is 0 Å². The van der Waals surface area contributed by atoms with Crippen molar-refractivity contribution < 1.29 is 17.9 Å². The highest BCUT2D eigenvalue weighted by molar-refractivity contribution is 9.10. The van der Waals surface area contributed by atoms with Crippen LogP contribution in [0.4, 0.5) is 0 Å². The van der Waals surface area contributed by atoms with Gasteiger partial charge < -0.3 is 10.1 Å². The Morgan fingerprint density at radius 2 is 1.88 bits per heavy atom. The van der Waals surface area contributed by atoms with Crippen molar-refractivity contribution in [3.63, 3.8) is 0 Å². The molecule has 0 bridgehead atoms. The van der Waals surface area contributed by atoms with Crippen LogP contribution in [0, 0.1) is 0 Å². The molecule has 0 aliphatic carbocycles. The Morgan fingerprint density at radius 3 is 2.46 bits per heavy atom. The summed E-state index contributed by atoms with van der Waals surface area (Å²) in [6.07, 6.45) is 0.641. The van der Waals surface area contributed by atoms with E-state index in [-0.39, 0.29) is 16.4 Å². The summed E-state index contributed by atoms with van der Waals surface area (Å²) in [5.41, 5.74) is 1.27. The van der Waals surface area contributed by atoms with E-state index in [4.69, 9.17) is 9.88 Å². The third kappa shape index (κ3) is 4.80. The van der Waals surface area contributed by atoms with Crippen LogP contribution in [0.2, 0.25) is 0 Å². The van der Waals surface area contributed by atoms with Gasteiger partial charge in [0.05, 0.1) is 17.6 Å². The number of ether oxygens (including phenoxy) is 1. The Balaban J connectivity index is 2.01. The Bertz CT molecular complexity index is 836. The number of sulfonamides is 1. The summed E-state index contributed by atoms with van der Waals surface area (Å²) in [5.74, 6) is 0.396. The molecule has 0 saturated heterocycles. The van der Waals surface area contributed by atoms with E-state index in [1.54, 1.807) is 7.11 Å². The molecule has 0 fully saturated rings. The molecule has 0 aromatic heterocycles. The van der Waals surface area contributed by atoms with E-state index in [0.29, 0.717) is 17.4 Å². The van der Waals surface area contributed by atoms with Gasteiger partial charge in [-0.3, -0.25) is 4.79 Å². The Hall–Kier alpha value is -1.90. The second-order valence-corrected chi connectivity index (χ2v) is 7.46. The van der Waals surface area contributed by atoms with Gasteiger partial charge in [0.2, 0.25) is 10.0 Å². The molecule has 2 aromatic rings. The molecule has 24 heavy (non-hydrogen) atoms. The average Bonchev–Trinajstić information content (AvgIpc) is 2.54. The number of amides is 1. The number of rotatable bonds is 6. The molecule has 8 heteroatoms. The van der Waals surface area contributed by atoms with Crippen molar-refractivity contribution >= 4 is 31.9 Å². The van der Waals surface area contributed by atoms with E-state index in [9.17, 15) is 13.2 Å². The van der Waals surface area contributed by atoms with Gasteiger partial charge in [0.15, 0.2) is 0 Å². The van der Waals surface area contributed by atoms with E-state index >= 15 is 0 Å².